The summed E-state index contributed by atoms with van der Waals surface area (Å²) in [5.41, 5.74) is 0.755. The Morgan fingerprint density at radius 1 is 1.32 bits per heavy atom. The van der Waals surface area contributed by atoms with Gasteiger partial charge in [0.15, 0.2) is 0 Å². The molecule has 0 saturated heterocycles. The van der Waals surface area contributed by atoms with Gasteiger partial charge in [0.05, 0.1) is 12.2 Å². The zero-order valence-corrected chi connectivity index (χ0v) is 11.9. The third kappa shape index (κ3) is 3.14. The van der Waals surface area contributed by atoms with E-state index in [4.69, 9.17) is 5.11 Å². The molecule has 0 aliphatic carbocycles. The summed E-state index contributed by atoms with van der Waals surface area (Å²) in [7, 11) is 0. The summed E-state index contributed by atoms with van der Waals surface area (Å²) in [6, 6.07) is 7.94. The molecule has 0 saturated carbocycles. The van der Waals surface area contributed by atoms with Crippen LogP contribution in [-0.2, 0) is 0 Å². The summed E-state index contributed by atoms with van der Waals surface area (Å²) in [6.07, 6.45) is 2.01. The minimum atomic E-state index is 0.0114. The van der Waals surface area contributed by atoms with Crippen LogP contribution in [-0.4, -0.2) is 35.6 Å². The average Bonchev–Trinajstić information content (AvgIpc) is 2.86. The molecule has 19 heavy (non-hydrogen) atoms. The molecule has 1 aromatic carbocycles. The first kappa shape index (κ1) is 14.0. The van der Waals surface area contributed by atoms with Crippen molar-refractivity contribution in [2.45, 2.75) is 19.8 Å². The van der Waals surface area contributed by atoms with Gasteiger partial charge in [-0.2, -0.15) is 0 Å². The monoisotopic (exact) mass is 277 g/mol. The van der Waals surface area contributed by atoms with E-state index < -0.39 is 0 Å². The van der Waals surface area contributed by atoms with Gasteiger partial charge in [0.1, 0.15) is 0 Å². The van der Waals surface area contributed by atoms with Crippen molar-refractivity contribution in [3.63, 3.8) is 0 Å². The molecule has 1 heterocycles. The summed E-state index contributed by atoms with van der Waals surface area (Å²) in [5.74, 6) is 0.0277. The SMILES string of the molecule is CCCCN(CCO)C(=O)c1csc2ccccc12. The van der Waals surface area contributed by atoms with E-state index in [2.05, 4.69) is 6.92 Å². The molecule has 0 aliphatic rings. The first-order valence-electron chi connectivity index (χ1n) is 6.64. The minimum Gasteiger partial charge on any atom is -0.395 e. The number of thiophene rings is 1. The Labute approximate surface area is 117 Å². The summed E-state index contributed by atoms with van der Waals surface area (Å²) in [5, 5.41) is 12.0. The number of carbonyl (C=O) groups is 1. The number of amides is 1. The van der Waals surface area contributed by atoms with E-state index >= 15 is 0 Å². The highest BCUT2D eigenvalue weighted by Crippen LogP contribution is 2.26. The lowest BCUT2D eigenvalue weighted by molar-refractivity contribution is 0.0722. The normalized spacial score (nSPS) is 10.8. The van der Waals surface area contributed by atoms with E-state index in [1.54, 1.807) is 16.2 Å². The number of aliphatic hydroxyl groups excluding tert-OH is 1. The van der Waals surface area contributed by atoms with Crippen LogP contribution in [0.3, 0.4) is 0 Å². The second kappa shape index (κ2) is 6.68. The molecular formula is C15H19NO2S. The predicted octanol–water partition coefficient (Wildman–Crippen LogP) is 3.14. The van der Waals surface area contributed by atoms with E-state index in [0.29, 0.717) is 13.1 Å². The molecule has 102 valence electrons. The van der Waals surface area contributed by atoms with Crippen molar-refractivity contribution in [3.05, 3.63) is 35.2 Å². The number of nitrogens with zero attached hydrogens (tertiary/aromatic N) is 1. The third-order valence-electron chi connectivity index (χ3n) is 3.15. The average molecular weight is 277 g/mol. The highest BCUT2D eigenvalue weighted by Gasteiger charge is 2.18. The number of aliphatic hydroxyl groups is 1. The third-order valence-corrected chi connectivity index (χ3v) is 4.11. The summed E-state index contributed by atoms with van der Waals surface area (Å²) >= 11 is 1.59. The molecule has 0 unspecified atom stereocenters. The van der Waals surface area contributed by atoms with Gasteiger partial charge in [-0.1, -0.05) is 31.5 Å². The van der Waals surface area contributed by atoms with E-state index in [1.807, 2.05) is 29.6 Å². The smallest absolute Gasteiger partial charge is 0.255 e. The van der Waals surface area contributed by atoms with Crippen molar-refractivity contribution in [1.82, 2.24) is 4.90 Å². The Balaban J connectivity index is 2.25. The Bertz CT molecular complexity index is 550. The second-order valence-corrected chi connectivity index (χ2v) is 5.43. The van der Waals surface area contributed by atoms with E-state index in [1.165, 1.54) is 0 Å². The standard InChI is InChI=1S/C15H19NO2S/c1-2-3-8-16(9-10-17)15(18)13-11-19-14-7-5-4-6-12(13)14/h4-7,11,17H,2-3,8-10H2,1H3. The van der Waals surface area contributed by atoms with Gasteiger partial charge in [-0.3, -0.25) is 4.79 Å². The minimum absolute atomic E-state index is 0.0114. The zero-order chi connectivity index (χ0) is 13.7. The largest absolute Gasteiger partial charge is 0.395 e. The number of fused-ring (bicyclic) bond motifs is 1. The molecule has 2 aromatic rings. The van der Waals surface area contributed by atoms with Crippen LogP contribution < -0.4 is 0 Å². The van der Waals surface area contributed by atoms with Crippen LogP contribution in [0.5, 0.6) is 0 Å². The lowest BCUT2D eigenvalue weighted by atomic mass is 10.1. The number of carbonyl (C=O) groups excluding carboxylic acids is 1. The van der Waals surface area contributed by atoms with Crippen LogP contribution in [0.2, 0.25) is 0 Å². The molecule has 0 bridgehead atoms. The second-order valence-electron chi connectivity index (χ2n) is 4.51. The summed E-state index contributed by atoms with van der Waals surface area (Å²) in [4.78, 5) is 14.3. The highest BCUT2D eigenvalue weighted by molar-refractivity contribution is 7.17. The van der Waals surface area contributed by atoms with Gasteiger partial charge in [0.2, 0.25) is 0 Å². The maximum atomic E-state index is 12.5. The molecule has 2 rings (SSSR count). The Hall–Kier alpha value is -1.39. The summed E-state index contributed by atoms with van der Waals surface area (Å²) in [6.45, 7) is 3.22. The highest BCUT2D eigenvalue weighted by atomic mass is 32.1. The number of rotatable bonds is 6. The maximum Gasteiger partial charge on any atom is 0.255 e. The first-order chi connectivity index (χ1) is 9.27. The Kier molecular flexibility index (Phi) is 4.93. The maximum absolute atomic E-state index is 12.5. The lowest BCUT2D eigenvalue weighted by Crippen LogP contribution is -2.34. The van der Waals surface area contributed by atoms with Crippen LogP contribution in [0.1, 0.15) is 30.1 Å². The van der Waals surface area contributed by atoms with E-state index in [0.717, 1.165) is 28.5 Å². The molecule has 1 aromatic heterocycles. The van der Waals surface area contributed by atoms with Crippen molar-refractivity contribution < 1.29 is 9.90 Å². The first-order valence-corrected chi connectivity index (χ1v) is 7.52. The zero-order valence-electron chi connectivity index (χ0n) is 11.1. The molecule has 3 nitrogen and oxygen atoms in total. The Morgan fingerprint density at radius 3 is 2.84 bits per heavy atom. The van der Waals surface area contributed by atoms with Gasteiger partial charge < -0.3 is 10.0 Å². The van der Waals surface area contributed by atoms with Gasteiger partial charge in [-0.15, -0.1) is 11.3 Å². The molecule has 0 fully saturated rings. The molecule has 4 heteroatoms. The fraction of sp³-hybridized carbons (Fsp3) is 0.400. The Morgan fingerprint density at radius 2 is 2.11 bits per heavy atom. The van der Waals surface area contributed by atoms with Gasteiger partial charge in [0, 0.05) is 28.6 Å². The van der Waals surface area contributed by atoms with Gasteiger partial charge >= 0.3 is 0 Å². The van der Waals surface area contributed by atoms with Crippen LogP contribution in [0.25, 0.3) is 10.1 Å². The molecule has 0 spiro atoms. The van der Waals surface area contributed by atoms with Crippen LogP contribution in [0.15, 0.2) is 29.6 Å². The van der Waals surface area contributed by atoms with Gasteiger partial charge in [-0.05, 0) is 12.5 Å². The molecular weight excluding hydrogens is 258 g/mol. The predicted molar refractivity (Wildman–Crippen MR) is 79.7 cm³/mol. The van der Waals surface area contributed by atoms with Crippen molar-refractivity contribution in [2.75, 3.05) is 19.7 Å². The van der Waals surface area contributed by atoms with Crippen LogP contribution >= 0.6 is 11.3 Å². The summed E-state index contributed by atoms with van der Waals surface area (Å²) < 4.78 is 1.13. The number of benzene rings is 1. The molecule has 0 radical (unpaired) electrons. The van der Waals surface area contributed by atoms with Crippen molar-refractivity contribution in [1.29, 1.82) is 0 Å². The molecule has 1 amide bonds. The fourth-order valence-electron chi connectivity index (χ4n) is 2.10. The molecule has 0 atom stereocenters. The quantitative estimate of drug-likeness (QED) is 0.881. The number of unbranched alkanes of at least 4 members (excludes halogenated alkanes) is 1. The van der Waals surface area contributed by atoms with Crippen LogP contribution in [0.4, 0.5) is 0 Å². The molecule has 1 N–H and O–H groups in total. The van der Waals surface area contributed by atoms with Crippen molar-refractivity contribution >= 4 is 27.3 Å². The van der Waals surface area contributed by atoms with Gasteiger partial charge in [-0.25, -0.2) is 0 Å². The molecule has 0 aliphatic heterocycles. The topological polar surface area (TPSA) is 40.5 Å². The van der Waals surface area contributed by atoms with E-state index in [9.17, 15) is 4.79 Å². The van der Waals surface area contributed by atoms with Crippen LogP contribution in [0, 0.1) is 0 Å². The van der Waals surface area contributed by atoms with E-state index in [-0.39, 0.29) is 12.5 Å². The van der Waals surface area contributed by atoms with Crippen molar-refractivity contribution in [2.24, 2.45) is 0 Å². The fourth-order valence-corrected chi connectivity index (χ4v) is 3.03. The lowest BCUT2D eigenvalue weighted by Gasteiger charge is -2.21. The van der Waals surface area contributed by atoms with Gasteiger partial charge in [0.25, 0.3) is 5.91 Å². The van der Waals surface area contributed by atoms with Crippen molar-refractivity contribution in [3.8, 4) is 0 Å². The number of hydrogen-bond donors (Lipinski definition) is 1. The number of hydrogen-bond acceptors (Lipinski definition) is 3.